The third-order valence-corrected chi connectivity index (χ3v) is 5.20. The molecule has 0 spiro atoms. The highest BCUT2D eigenvalue weighted by Gasteiger charge is 2.36. The standard InChI is InChI=1S/C19H29FN4O/c1-19(2,14-23-12-10-22(3)11-13-23)21-18(25)24-9-8-17(24)15-4-6-16(20)7-5-15/h4-7,17H,8-14H2,1-3H3,(H,21,25)/t17-/m0/s1. The first-order chi connectivity index (χ1) is 11.8. The maximum Gasteiger partial charge on any atom is 0.318 e. The van der Waals surface area contributed by atoms with Gasteiger partial charge in [-0.1, -0.05) is 12.1 Å². The van der Waals surface area contributed by atoms with Crippen LogP contribution in [-0.4, -0.2) is 72.6 Å². The number of hydrogen-bond donors (Lipinski definition) is 1. The van der Waals surface area contributed by atoms with E-state index in [0.29, 0.717) is 0 Å². The summed E-state index contributed by atoms with van der Waals surface area (Å²) in [7, 11) is 2.14. The van der Waals surface area contributed by atoms with Gasteiger partial charge in [0, 0.05) is 44.8 Å². The van der Waals surface area contributed by atoms with E-state index in [1.54, 1.807) is 12.1 Å². The van der Waals surface area contributed by atoms with Crippen LogP contribution in [0.15, 0.2) is 24.3 Å². The molecule has 1 aromatic carbocycles. The van der Waals surface area contributed by atoms with Crippen molar-refractivity contribution in [1.82, 2.24) is 20.0 Å². The zero-order chi connectivity index (χ0) is 18.0. The molecule has 0 aliphatic carbocycles. The van der Waals surface area contributed by atoms with Crippen molar-refractivity contribution in [2.24, 2.45) is 0 Å². The largest absolute Gasteiger partial charge is 0.332 e. The van der Waals surface area contributed by atoms with Gasteiger partial charge in [0.15, 0.2) is 0 Å². The number of likely N-dealkylation sites (tertiary alicyclic amines) is 1. The molecule has 1 aromatic rings. The van der Waals surface area contributed by atoms with E-state index in [1.165, 1.54) is 12.1 Å². The van der Waals surface area contributed by atoms with Crippen LogP contribution < -0.4 is 5.32 Å². The number of halogens is 1. The van der Waals surface area contributed by atoms with Crippen molar-refractivity contribution >= 4 is 6.03 Å². The van der Waals surface area contributed by atoms with Gasteiger partial charge in [-0.2, -0.15) is 0 Å². The molecule has 0 bridgehead atoms. The van der Waals surface area contributed by atoms with Crippen LogP contribution >= 0.6 is 0 Å². The summed E-state index contributed by atoms with van der Waals surface area (Å²) in [4.78, 5) is 19.3. The van der Waals surface area contributed by atoms with Crippen LogP contribution in [0, 0.1) is 5.82 Å². The zero-order valence-electron chi connectivity index (χ0n) is 15.5. The van der Waals surface area contributed by atoms with Gasteiger partial charge in [-0.05, 0) is 45.0 Å². The van der Waals surface area contributed by atoms with E-state index in [4.69, 9.17) is 0 Å². The Kier molecular flexibility index (Phi) is 5.29. The summed E-state index contributed by atoms with van der Waals surface area (Å²) in [5.41, 5.74) is 0.718. The topological polar surface area (TPSA) is 38.8 Å². The summed E-state index contributed by atoms with van der Waals surface area (Å²) in [5.74, 6) is -0.243. The molecule has 1 N–H and O–H groups in total. The van der Waals surface area contributed by atoms with Crippen LogP contribution in [0.4, 0.5) is 9.18 Å². The minimum atomic E-state index is -0.282. The van der Waals surface area contributed by atoms with Crippen molar-refractivity contribution < 1.29 is 9.18 Å². The number of piperazine rings is 1. The first kappa shape index (κ1) is 18.1. The highest BCUT2D eigenvalue weighted by atomic mass is 19.1. The number of nitrogens with one attached hydrogen (secondary N) is 1. The highest BCUT2D eigenvalue weighted by Crippen LogP contribution is 2.33. The smallest absolute Gasteiger partial charge is 0.318 e. The fourth-order valence-corrected chi connectivity index (χ4v) is 3.63. The second-order valence-electron chi connectivity index (χ2n) is 7.94. The number of hydrogen-bond acceptors (Lipinski definition) is 3. The summed E-state index contributed by atoms with van der Waals surface area (Å²) in [6.07, 6.45) is 0.929. The monoisotopic (exact) mass is 348 g/mol. The Balaban J connectivity index is 1.54. The molecule has 2 aliphatic rings. The number of carbonyl (C=O) groups excluding carboxylic acids is 1. The molecule has 2 fully saturated rings. The second kappa shape index (κ2) is 7.30. The van der Waals surface area contributed by atoms with Crippen molar-refractivity contribution in [3.05, 3.63) is 35.6 Å². The van der Waals surface area contributed by atoms with Crippen molar-refractivity contribution in [1.29, 1.82) is 0 Å². The van der Waals surface area contributed by atoms with Gasteiger partial charge in [0.2, 0.25) is 0 Å². The van der Waals surface area contributed by atoms with Crippen molar-refractivity contribution in [2.75, 3.05) is 46.3 Å². The van der Waals surface area contributed by atoms with Gasteiger partial charge in [-0.25, -0.2) is 9.18 Å². The molecule has 0 unspecified atom stereocenters. The SMILES string of the molecule is CN1CCN(CC(C)(C)NC(=O)N2CC[C@H]2c2ccc(F)cc2)CC1. The summed E-state index contributed by atoms with van der Waals surface area (Å²) in [5, 5.41) is 3.19. The molecule has 2 amide bonds. The fourth-order valence-electron chi connectivity index (χ4n) is 3.63. The number of carbonyl (C=O) groups is 1. The number of amides is 2. The predicted octanol–water partition coefficient (Wildman–Crippen LogP) is 2.31. The first-order valence-corrected chi connectivity index (χ1v) is 9.09. The third-order valence-electron chi connectivity index (χ3n) is 5.20. The molecule has 1 atom stereocenters. The second-order valence-corrected chi connectivity index (χ2v) is 7.94. The lowest BCUT2D eigenvalue weighted by molar-refractivity contribution is 0.0952. The summed E-state index contributed by atoms with van der Waals surface area (Å²) in [6, 6.07) is 6.49. The number of urea groups is 1. The van der Waals surface area contributed by atoms with E-state index in [-0.39, 0.29) is 23.4 Å². The lowest BCUT2D eigenvalue weighted by atomic mass is 9.95. The molecule has 3 rings (SSSR count). The Morgan fingerprint density at radius 2 is 1.80 bits per heavy atom. The molecule has 6 heteroatoms. The lowest BCUT2D eigenvalue weighted by Gasteiger charge is -2.44. The number of nitrogens with zero attached hydrogens (tertiary/aromatic N) is 3. The number of benzene rings is 1. The molecule has 0 radical (unpaired) electrons. The van der Waals surface area contributed by atoms with Crippen LogP contribution in [0.25, 0.3) is 0 Å². The van der Waals surface area contributed by atoms with Gasteiger partial charge in [0.05, 0.1) is 6.04 Å². The van der Waals surface area contributed by atoms with Gasteiger partial charge in [0.25, 0.3) is 0 Å². The predicted molar refractivity (Wildman–Crippen MR) is 97.0 cm³/mol. The minimum Gasteiger partial charge on any atom is -0.332 e. The van der Waals surface area contributed by atoms with Gasteiger partial charge in [-0.3, -0.25) is 4.90 Å². The molecule has 138 valence electrons. The molecule has 2 heterocycles. The molecule has 2 aliphatic heterocycles. The first-order valence-electron chi connectivity index (χ1n) is 9.09. The Hall–Kier alpha value is -1.66. The van der Waals surface area contributed by atoms with Crippen molar-refractivity contribution in [2.45, 2.75) is 31.8 Å². The Morgan fingerprint density at radius 1 is 1.16 bits per heavy atom. The van der Waals surface area contributed by atoms with Crippen LogP contribution in [-0.2, 0) is 0 Å². The number of likely N-dealkylation sites (N-methyl/N-ethyl adjacent to an activating group) is 1. The van der Waals surface area contributed by atoms with Crippen LogP contribution in [0.1, 0.15) is 31.9 Å². The van der Waals surface area contributed by atoms with Crippen molar-refractivity contribution in [3.8, 4) is 0 Å². The molecule has 0 aromatic heterocycles. The Labute approximate surface area is 149 Å². The minimum absolute atomic E-state index is 0.0281. The summed E-state index contributed by atoms with van der Waals surface area (Å²) >= 11 is 0. The van der Waals surface area contributed by atoms with Crippen LogP contribution in [0.3, 0.4) is 0 Å². The maximum atomic E-state index is 13.1. The van der Waals surface area contributed by atoms with Gasteiger partial charge < -0.3 is 15.1 Å². The van der Waals surface area contributed by atoms with Crippen LogP contribution in [0.2, 0.25) is 0 Å². The Morgan fingerprint density at radius 3 is 2.36 bits per heavy atom. The van der Waals surface area contributed by atoms with E-state index in [2.05, 4.69) is 36.0 Å². The van der Waals surface area contributed by atoms with E-state index in [9.17, 15) is 9.18 Å². The molecule has 0 saturated carbocycles. The van der Waals surface area contributed by atoms with E-state index < -0.39 is 0 Å². The molecular formula is C19H29FN4O. The number of rotatable bonds is 4. The summed E-state index contributed by atoms with van der Waals surface area (Å²) in [6.45, 7) is 9.98. The van der Waals surface area contributed by atoms with Crippen molar-refractivity contribution in [3.63, 3.8) is 0 Å². The molecule has 5 nitrogen and oxygen atoms in total. The van der Waals surface area contributed by atoms with E-state index >= 15 is 0 Å². The normalized spacial score (nSPS) is 22.6. The highest BCUT2D eigenvalue weighted by molar-refractivity contribution is 5.76. The van der Waals surface area contributed by atoms with Gasteiger partial charge in [0.1, 0.15) is 5.82 Å². The van der Waals surface area contributed by atoms with E-state index in [0.717, 1.165) is 51.3 Å². The summed E-state index contributed by atoms with van der Waals surface area (Å²) < 4.78 is 13.1. The fraction of sp³-hybridized carbons (Fsp3) is 0.632. The van der Waals surface area contributed by atoms with Gasteiger partial charge >= 0.3 is 6.03 Å². The zero-order valence-corrected chi connectivity index (χ0v) is 15.5. The molecule has 2 saturated heterocycles. The lowest BCUT2D eigenvalue weighted by Crippen LogP contribution is -2.59. The quantitative estimate of drug-likeness (QED) is 0.908. The Bertz CT molecular complexity index is 596. The average Bonchev–Trinajstić information content (AvgIpc) is 2.50. The van der Waals surface area contributed by atoms with E-state index in [1.807, 2.05) is 4.90 Å². The maximum absolute atomic E-state index is 13.1. The van der Waals surface area contributed by atoms with Crippen LogP contribution in [0.5, 0.6) is 0 Å². The molecular weight excluding hydrogens is 319 g/mol. The third kappa shape index (κ3) is 4.50. The van der Waals surface area contributed by atoms with Gasteiger partial charge in [-0.15, -0.1) is 0 Å². The molecule has 25 heavy (non-hydrogen) atoms. The average molecular weight is 348 g/mol.